The molecule has 0 aliphatic carbocycles. The number of nitrogens with one attached hydrogen (secondary N) is 7. The van der Waals surface area contributed by atoms with Gasteiger partial charge in [-0.25, -0.2) is 17.9 Å². The van der Waals surface area contributed by atoms with Crippen molar-refractivity contribution in [3.8, 4) is 0 Å². The summed E-state index contributed by atoms with van der Waals surface area (Å²) in [5, 5.41) is 28.7. The molecule has 0 bridgehead atoms. The maximum atomic E-state index is 14.4. The zero-order valence-corrected chi connectivity index (χ0v) is 47.6. The molecule has 21 nitrogen and oxygen atoms in total. The number of hydrogen-bond acceptors (Lipinski definition) is 13. The number of hydrogen-bond donors (Lipinski definition) is 9. The fourth-order valence-electron chi connectivity index (χ4n) is 8.93. The van der Waals surface area contributed by atoms with Crippen LogP contribution >= 0.6 is 0 Å². The Morgan fingerprint density at radius 1 is 0.805 bits per heavy atom. The highest BCUT2D eigenvalue weighted by Gasteiger charge is 2.42. The van der Waals surface area contributed by atoms with Crippen LogP contribution in [-0.2, 0) is 55.5 Å². The fraction of sp³-hybridized carbons (Fsp3) is 0.564. The highest BCUT2D eigenvalue weighted by molar-refractivity contribution is 7.90. The van der Waals surface area contributed by atoms with Crippen molar-refractivity contribution in [3.63, 3.8) is 0 Å². The van der Waals surface area contributed by atoms with Crippen molar-refractivity contribution in [2.75, 3.05) is 27.2 Å². The number of nitrogens with zero attached hydrogens (tertiary/aromatic N) is 2. The molecule has 426 valence electrons. The second kappa shape index (κ2) is 29.3. The molecule has 0 saturated carbocycles. The zero-order valence-electron chi connectivity index (χ0n) is 46.8. The molecule has 1 aliphatic rings. The standard InChI is InChI=1S/C55H84N10O11S/c1-34(2)41(64(12)52(73)47(54(6,7)8)62-51(72)46(57-11)55(9,10)38-20-15-13-16-21-38)32-36(5)48(69)63-77(75,76)39-26-24-37(25-27-39)33-59-49(70)40(22-19-30-58-53(56)74)60-50(71)45(35(3)4)61-42(66)23-17-14-18-31-65-43(67)28-29-44(65)68/h13,15-16,20-21,24-29,32,34-35,40-41,45-47,51,57,62,72H,14,17-19,22-23,30-31,33H2,1-12H3,(H,59,70)(H,60,71)(H,61,66)(H,63,69)(H3,56,58,74)/b36-32+/t40-,41+,45-,46+,47+,51?/m0/s1. The number of carbonyl (C=O) groups is 8. The van der Waals surface area contributed by atoms with Gasteiger partial charge in [0.05, 0.1) is 23.0 Å². The smallest absolute Gasteiger partial charge is 0.312 e. The number of nitrogens with two attached hydrogens (primary N) is 1. The first-order chi connectivity index (χ1) is 35.9. The Kier molecular flexibility index (Phi) is 24.7. The summed E-state index contributed by atoms with van der Waals surface area (Å²) in [6.45, 7) is 18.6. The van der Waals surface area contributed by atoms with Gasteiger partial charge in [0.2, 0.25) is 23.6 Å². The number of unbranched alkanes of at least 4 members (excludes halogenated alkanes) is 2. The van der Waals surface area contributed by atoms with Crippen LogP contribution in [0.15, 0.2) is 83.3 Å². The molecule has 1 aliphatic heterocycles. The maximum Gasteiger partial charge on any atom is 0.312 e. The average molecular weight is 1090 g/mol. The molecule has 10 N–H and O–H groups in total. The minimum absolute atomic E-state index is 0.0402. The van der Waals surface area contributed by atoms with Gasteiger partial charge in [-0.05, 0) is 80.2 Å². The first-order valence-corrected chi connectivity index (χ1v) is 27.6. The normalized spacial score (nSPS) is 15.6. The van der Waals surface area contributed by atoms with E-state index in [2.05, 4.69) is 36.6 Å². The molecule has 9 amide bonds. The molecule has 2 aromatic rings. The van der Waals surface area contributed by atoms with Gasteiger partial charge in [0.15, 0.2) is 0 Å². The van der Waals surface area contributed by atoms with Crippen LogP contribution in [0.5, 0.6) is 0 Å². The number of sulfonamides is 1. The molecule has 3 rings (SSSR count). The first kappa shape index (κ1) is 64.8. The van der Waals surface area contributed by atoms with E-state index >= 15 is 0 Å². The van der Waals surface area contributed by atoms with Gasteiger partial charge >= 0.3 is 6.03 Å². The summed E-state index contributed by atoms with van der Waals surface area (Å²) in [7, 11) is -1.05. The predicted molar refractivity (Wildman–Crippen MR) is 293 cm³/mol. The number of imide groups is 1. The molecule has 0 radical (unpaired) electrons. The van der Waals surface area contributed by atoms with Gasteiger partial charge in [0.1, 0.15) is 18.3 Å². The lowest BCUT2D eigenvalue weighted by Crippen LogP contribution is -2.63. The lowest BCUT2D eigenvalue weighted by atomic mass is 9.76. The van der Waals surface area contributed by atoms with E-state index in [-0.39, 0.29) is 78.9 Å². The number of rotatable bonds is 30. The molecular formula is C55H84N10O11S. The minimum Gasteiger partial charge on any atom is -0.377 e. The van der Waals surface area contributed by atoms with Gasteiger partial charge in [0.25, 0.3) is 27.7 Å². The van der Waals surface area contributed by atoms with Crippen molar-refractivity contribution in [1.29, 1.82) is 0 Å². The molecule has 77 heavy (non-hydrogen) atoms. The molecule has 0 fully saturated rings. The lowest BCUT2D eigenvalue weighted by Gasteiger charge is -2.42. The van der Waals surface area contributed by atoms with E-state index in [1.54, 1.807) is 34.0 Å². The molecule has 0 aromatic heterocycles. The first-order valence-electron chi connectivity index (χ1n) is 26.1. The van der Waals surface area contributed by atoms with Gasteiger partial charge in [-0.15, -0.1) is 0 Å². The number of urea groups is 1. The monoisotopic (exact) mass is 1090 g/mol. The second-order valence-electron chi connectivity index (χ2n) is 21.9. The topological polar surface area (TPSA) is 308 Å². The van der Waals surface area contributed by atoms with Crippen molar-refractivity contribution in [2.24, 2.45) is 23.0 Å². The third-order valence-electron chi connectivity index (χ3n) is 13.6. The van der Waals surface area contributed by atoms with E-state index in [0.29, 0.717) is 24.8 Å². The van der Waals surface area contributed by atoms with E-state index in [1.165, 1.54) is 48.2 Å². The Bertz CT molecular complexity index is 2530. The third kappa shape index (κ3) is 19.5. The van der Waals surface area contributed by atoms with E-state index < -0.39 is 87.0 Å². The molecule has 2 aromatic carbocycles. The Hall–Kier alpha value is -6.49. The summed E-state index contributed by atoms with van der Waals surface area (Å²) in [5.41, 5.74) is 5.48. The van der Waals surface area contributed by atoms with Gasteiger partial charge in [0, 0.05) is 56.2 Å². The van der Waals surface area contributed by atoms with Crippen LogP contribution in [0.4, 0.5) is 4.79 Å². The van der Waals surface area contributed by atoms with Crippen LogP contribution in [0.25, 0.3) is 0 Å². The summed E-state index contributed by atoms with van der Waals surface area (Å²) in [5.74, 6) is -4.20. The third-order valence-corrected chi connectivity index (χ3v) is 15.0. The summed E-state index contributed by atoms with van der Waals surface area (Å²) in [6.07, 6.45) is 4.72. The zero-order chi connectivity index (χ0) is 58.0. The van der Waals surface area contributed by atoms with Crippen LogP contribution in [0.2, 0.25) is 0 Å². The van der Waals surface area contributed by atoms with Crippen LogP contribution in [-0.4, -0.2) is 134 Å². The van der Waals surface area contributed by atoms with E-state index in [1.807, 2.05) is 78.8 Å². The Morgan fingerprint density at radius 3 is 1.96 bits per heavy atom. The minimum atomic E-state index is -4.41. The van der Waals surface area contributed by atoms with E-state index in [0.717, 1.165) is 10.5 Å². The van der Waals surface area contributed by atoms with Crippen molar-refractivity contribution in [3.05, 3.63) is 89.5 Å². The largest absolute Gasteiger partial charge is 0.377 e. The highest BCUT2D eigenvalue weighted by Crippen LogP contribution is 2.30. The fourth-order valence-corrected chi connectivity index (χ4v) is 9.94. The second-order valence-corrected chi connectivity index (χ2v) is 23.5. The predicted octanol–water partition coefficient (Wildman–Crippen LogP) is 2.99. The Labute approximate surface area is 454 Å². The van der Waals surface area contributed by atoms with Gasteiger partial charge in [-0.2, -0.15) is 0 Å². The van der Waals surface area contributed by atoms with Crippen LogP contribution in [0.3, 0.4) is 0 Å². The quantitative estimate of drug-likeness (QED) is 0.0236. The van der Waals surface area contributed by atoms with Gasteiger partial charge in [-0.1, -0.05) is 117 Å². The molecule has 22 heteroatoms. The maximum absolute atomic E-state index is 14.4. The van der Waals surface area contributed by atoms with Crippen molar-refractivity contribution < 1.29 is 51.9 Å². The van der Waals surface area contributed by atoms with Gasteiger partial charge < -0.3 is 42.3 Å². The summed E-state index contributed by atoms with van der Waals surface area (Å²) in [4.78, 5) is 105. The van der Waals surface area contributed by atoms with Crippen LogP contribution in [0.1, 0.15) is 119 Å². The molecule has 6 atom stereocenters. The van der Waals surface area contributed by atoms with E-state index in [4.69, 9.17) is 5.73 Å². The van der Waals surface area contributed by atoms with E-state index in [9.17, 15) is 51.9 Å². The number of aliphatic hydroxyl groups is 1. The number of benzene rings is 2. The molecule has 0 spiro atoms. The molecule has 0 saturated heterocycles. The molecular weight excluding hydrogens is 1010 g/mol. The lowest BCUT2D eigenvalue weighted by molar-refractivity contribution is -0.139. The molecule has 1 heterocycles. The number of likely N-dealkylation sites (N-methyl/N-ethyl adjacent to an activating group) is 2. The van der Waals surface area contributed by atoms with Gasteiger partial charge in [-0.3, -0.25) is 43.8 Å². The van der Waals surface area contributed by atoms with Crippen molar-refractivity contribution >= 4 is 57.4 Å². The number of amides is 9. The van der Waals surface area contributed by atoms with Crippen molar-refractivity contribution in [2.45, 2.75) is 161 Å². The van der Waals surface area contributed by atoms with Crippen LogP contribution < -0.4 is 42.4 Å². The number of carbonyl (C=O) groups excluding carboxylic acids is 8. The van der Waals surface area contributed by atoms with Crippen LogP contribution in [0, 0.1) is 17.3 Å². The summed E-state index contributed by atoms with van der Waals surface area (Å²) in [6, 6.07) is 10.3. The van der Waals surface area contributed by atoms with Crippen molar-refractivity contribution in [1.82, 2.24) is 46.4 Å². The highest BCUT2D eigenvalue weighted by atomic mass is 32.2. The Balaban J connectivity index is 1.67. The summed E-state index contributed by atoms with van der Waals surface area (Å²) >= 11 is 0. The Morgan fingerprint density at radius 2 is 1.42 bits per heavy atom. The number of primary amides is 1. The SMILES string of the molecule is CN[C@H](C(O)N[C@H](C(=O)N(C)[C@H](/C=C(\C)C(=O)NS(=O)(=O)c1ccc(CNC(=O)[C@H](CCCNC(N)=O)NC(=O)[C@@H](NC(=O)CCCCCN2C(=O)C=CC2=O)C(C)C)cc1)C(C)C)C(C)(C)C)C(C)(C)c1ccccc1. The average Bonchev–Trinajstić information content (AvgIpc) is 3.68. The number of aliphatic hydroxyl groups excluding tert-OH is 1. The summed E-state index contributed by atoms with van der Waals surface area (Å²) < 4.78 is 29.2. The molecule has 1 unspecified atom stereocenters.